The molecule has 0 bridgehead atoms. The molecule has 0 amide bonds. The Labute approximate surface area is 181 Å². The van der Waals surface area contributed by atoms with Gasteiger partial charge in [0.2, 0.25) is 0 Å². The summed E-state index contributed by atoms with van der Waals surface area (Å²) in [7, 11) is 0. The minimum atomic E-state index is -0.431. The van der Waals surface area contributed by atoms with E-state index in [9.17, 15) is 4.79 Å². The Balaban J connectivity index is 1.72. The van der Waals surface area contributed by atoms with Crippen molar-refractivity contribution in [2.45, 2.75) is 6.61 Å². The standard InChI is InChI=1S/C26H23N3O2/c27-23-8-3-6-17(14-23)20-11-21(18-7-4-9-24(28)15-18)13-22(12-20)26(30)31-16-19-5-1-2-10-25(19)29/h1-15H,16,27-29H2. The fourth-order valence-corrected chi connectivity index (χ4v) is 3.41. The van der Waals surface area contributed by atoms with Crippen molar-refractivity contribution in [3.05, 3.63) is 102 Å². The third-order valence-corrected chi connectivity index (χ3v) is 5.02. The highest BCUT2D eigenvalue weighted by Crippen LogP contribution is 2.30. The maximum absolute atomic E-state index is 12.9. The molecule has 0 saturated heterocycles. The number of nitrogen functional groups attached to an aromatic ring is 3. The largest absolute Gasteiger partial charge is 0.457 e. The first-order chi connectivity index (χ1) is 15.0. The summed E-state index contributed by atoms with van der Waals surface area (Å²) in [6.07, 6.45) is 0. The lowest BCUT2D eigenvalue weighted by molar-refractivity contribution is 0.0473. The minimum Gasteiger partial charge on any atom is -0.457 e. The summed E-state index contributed by atoms with van der Waals surface area (Å²) in [5, 5.41) is 0. The first kappa shape index (κ1) is 20.0. The molecule has 4 rings (SSSR count). The molecule has 5 heteroatoms. The van der Waals surface area contributed by atoms with E-state index in [0.717, 1.165) is 27.8 Å². The Morgan fingerprint density at radius 1 is 0.645 bits per heavy atom. The van der Waals surface area contributed by atoms with Gasteiger partial charge < -0.3 is 21.9 Å². The van der Waals surface area contributed by atoms with E-state index >= 15 is 0 Å². The lowest BCUT2D eigenvalue weighted by Gasteiger charge is -2.12. The van der Waals surface area contributed by atoms with E-state index in [1.54, 1.807) is 18.2 Å². The van der Waals surface area contributed by atoms with E-state index in [2.05, 4.69) is 0 Å². The lowest BCUT2D eigenvalue weighted by atomic mass is 9.95. The number of rotatable bonds is 5. The average molecular weight is 409 g/mol. The molecule has 0 spiro atoms. The third kappa shape index (κ3) is 4.67. The molecule has 0 aliphatic rings. The zero-order chi connectivity index (χ0) is 21.8. The van der Waals surface area contributed by atoms with Crippen molar-refractivity contribution >= 4 is 23.0 Å². The second kappa shape index (κ2) is 8.63. The molecule has 6 N–H and O–H groups in total. The van der Waals surface area contributed by atoms with Gasteiger partial charge in [0.05, 0.1) is 5.56 Å². The second-order valence-corrected chi connectivity index (χ2v) is 7.32. The molecule has 0 radical (unpaired) electrons. The molecule has 4 aromatic carbocycles. The van der Waals surface area contributed by atoms with E-state index in [0.29, 0.717) is 22.6 Å². The molecular formula is C26H23N3O2. The van der Waals surface area contributed by atoms with Crippen LogP contribution in [0.15, 0.2) is 91.0 Å². The topological polar surface area (TPSA) is 104 Å². The van der Waals surface area contributed by atoms with Gasteiger partial charge in [0.15, 0.2) is 0 Å². The Morgan fingerprint density at radius 2 is 1.23 bits per heavy atom. The van der Waals surface area contributed by atoms with Crippen molar-refractivity contribution in [1.82, 2.24) is 0 Å². The maximum atomic E-state index is 12.9. The fourth-order valence-electron chi connectivity index (χ4n) is 3.41. The number of benzene rings is 4. The van der Waals surface area contributed by atoms with Crippen molar-refractivity contribution < 1.29 is 9.53 Å². The first-order valence-corrected chi connectivity index (χ1v) is 9.87. The Kier molecular flexibility index (Phi) is 5.58. The maximum Gasteiger partial charge on any atom is 0.338 e. The Bertz CT molecular complexity index is 1190. The van der Waals surface area contributed by atoms with Crippen LogP contribution in [0.4, 0.5) is 17.1 Å². The number of carbonyl (C=O) groups excluding carboxylic acids is 1. The van der Waals surface area contributed by atoms with E-state index in [-0.39, 0.29) is 6.61 Å². The summed E-state index contributed by atoms with van der Waals surface area (Å²) in [5.74, 6) is -0.431. The monoisotopic (exact) mass is 409 g/mol. The highest BCUT2D eigenvalue weighted by atomic mass is 16.5. The van der Waals surface area contributed by atoms with Gasteiger partial charge in [-0.05, 0) is 70.8 Å². The van der Waals surface area contributed by atoms with Gasteiger partial charge in [-0.2, -0.15) is 0 Å². The molecule has 0 fully saturated rings. The molecule has 154 valence electrons. The van der Waals surface area contributed by atoms with Crippen LogP contribution in [-0.2, 0) is 11.3 Å². The van der Waals surface area contributed by atoms with Crippen LogP contribution in [0.25, 0.3) is 22.3 Å². The zero-order valence-electron chi connectivity index (χ0n) is 16.9. The van der Waals surface area contributed by atoms with Crippen LogP contribution in [0.5, 0.6) is 0 Å². The van der Waals surface area contributed by atoms with E-state index < -0.39 is 5.97 Å². The summed E-state index contributed by atoms with van der Waals surface area (Å²) in [6.45, 7) is 0.0988. The lowest BCUT2D eigenvalue weighted by Crippen LogP contribution is -2.07. The van der Waals surface area contributed by atoms with Crippen LogP contribution >= 0.6 is 0 Å². The summed E-state index contributed by atoms with van der Waals surface area (Å²) in [5.41, 5.74) is 24.5. The van der Waals surface area contributed by atoms with E-state index in [1.807, 2.05) is 72.8 Å². The second-order valence-electron chi connectivity index (χ2n) is 7.32. The zero-order valence-corrected chi connectivity index (χ0v) is 16.9. The molecule has 0 heterocycles. The van der Waals surface area contributed by atoms with Gasteiger partial charge in [-0.3, -0.25) is 0 Å². The van der Waals surface area contributed by atoms with Crippen LogP contribution in [0.3, 0.4) is 0 Å². The first-order valence-electron chi connectivity index (χ1n) is 9.87. The molecule has 4 aromatic rings. The molecule has 0 aliphatic carbocycles. The molecule has 31 heavy (non-hydrogen) atoms. The SMILES string of the molecule is Nc1cccc(-c2cc(C(=O)OCc3ccccc3N)cc(-c3cccc(N)c3)c2)c1. The summed E-state index contributed by atoms with van der Waals surface area (Å²) in [4.78, 5) is 12.9. The van der Waals surface area contributed by atoms with Crippen LogP contribution in [0, 0.1) is 0 Å². The van der Waals surface area contributed by atoms with Gasteiger partial charge in [0.25, 0.3) is 0 Å². The fraction of sp³-hybridized carbons (Fsp3) is 0.0385. The Morgan fingerprint density at radius 3 is 1.77 bits per heavy atom. The molecule has 0 atom stereocenters. The quantitative estimate of drug-likeness (QED) is 0.313. The predicted octanol–water partition coefficient (Wildman–Crippen LogP) is 5.12. The number of ether oxygens (including phenoxy) is 1. The van der Waals surface area contributed by atoms with Crippen LogP contribution in [0.1, 0.15) is 15.9 Å². The predicted molar refractivity (Wildman–Crippen MR) is 126 cm³/mol. The molecule has 0 unspecified atom stereocenters. The number of esters is 1. The number of hydrogen-bond donors (Lipinski definition) is 3. The van der Waals surface area contributed by atoms with E-state index in [4.69, 9.17) is 21.9 Å². The van der Waals surface area contributed by atoms with Crippen molar-refractivity contribution in [3.63, 3.8) is 0 Å². The van der Waals surface area contributed by atoms with Gasteiger partial charge >= 0.3 is 5.97 Å². The van der Waals surface area contributed by atoms with Crippen molar-refractivity contribution in [2.24, 2.45) is 0 Å². The normalized spacial score (nSPS) is 10.6. The number of carbonyl (C=O) groups is 1. The molecule has 0 saturated carbocycles. The average Bonchev–Trinajstić information content (AvgIpc) is 2.78. The molecular weight excluding hydrogens is 386 g/mol. The highest BCUT2D eigenvalue weighted by molar-refractivity contribution is 5.93. The number of hydrogen-bond acceptors (Lipinski definition) is 5. The molecule has 0 aliphatic heterocycles. The number of para-hydroxylation sites is 1. The summed E-state index contributed by atoms with van der Waals surface area (Å²) >= 11 is 0. The van der Waals surface area contributed by atoms with Gasteiger partial charge in [-0.15, -0.1) is 0 Å². The smallest absolute Gasteiger partial charge is 0.338 e. The van der Waals surface area contributed by atoms with Crippen LogP contribution in [0.2, 0.25) is 0 Å². The van der Waals surface area contributed by atoms with Crippen LogP contribution in [-0.4, -0.2) is 5.97 Å². The summed E-state index contributed by atoms with van der Waals surface area (Å²) in [6, 6.07) is 28.0. The van der Waals surface area contributed by atoms with Gasteiger partial charge in [-0.1, -0.05) is 42.5 Å². The van der Waals surface area contributed by atoms with Gasteiger partial charge in [-0.25, -0.2) is 4.79 Å². The minimum absolute atomic E-state index is 0.0988. The third-order valence-electron chi connectivity index (χ3n) is 5.02. The van der Waals surface area contributed by atoms with Crippen LogP contribution < -0.4 is 17.2 Å². The summed E-state index contributed by atoms with van der Waals surface area (Å²) < 4.78 is 5.56. The number of nitrogens with two attached hydrogens (primary N) is 3. The Hall–Kier alpha value is -4.25. The highest BCUT2D eigenvalue weighted by Gasteiger charge is 2.13. The molecule has 5 nitrogen and oxygen atoms in total. The molecule has 0 aromatic heterocycles. The number of anilines is 3. The van der Waals surface area contributed by atoms with E-state index in [1.165, 1.54) is 0 Å². The van der Waals surface area contributed by atoms with Crippen molar-refractivity contribution in [2.75, 3.05) is 17.2 Å². The van der Waals surface area contributed by atoms with Gasteiger partial charge in [0, 0.05) is 22.6 Å². The van der Waals surface area contributed by atoms with Crippen molar-refractivity contribution in [1.29, 1.82) is 0 Å². The van der Waals surface area contributed by atoms with Gasteiger partial charge in [0.1, 0.15) is 6.61 Å². The van der Waals surface area contributed by atoms with Crippen molar-refractivity contribution in [3.8, 4) is 22.3 Å².